The summed E-state index contributed by atoms with van der Waals surface area (Å²) in [6.45, 7) is 2.19. The van der Waals surface area contributed by atoms with E-state index in [0.29, 0.717) is 0 Å². The van der Waals surface area contributed by atoms with E-state index in [4.69, 9.17) is 9.97 Å². The summed E-state index contributed by atoms with van der Waals surface area (Å²) in [5, 5.41) is 7.00. The molecule has 4 heterocycles. The van der Waals surface area contributed by atoms with Crippen molar-refractivity contribution < 1.29 is 0 Å². The molecule has 1 atom stereocenters. The van der Waals surface area contributed by atoms with Crippen LogP contribution in [0.3, 0.4) is 0 Å². The molecule has 0 aromatic carbocycles. The molecule has 0 amide bonds. The molecule has 0 bridgehead atoms. The fourth-order valence-electron chi connectivity index (χ4n) is 3.54. The van der Waals surface area contributed by atoms with Gasteiger partial charge in [0.15, 0.2) is 5.82 Å². The van der Waals surface area contributed by atoms with Crippen molar-refractivity contribution >= 4 is 38.7 Å². The van der Waals surface area contributed by atoms with Crippen LogP contribution >= 0.6 is 22.7 Å². The molecule has 0 unspecified atom stereocenters. The van der Waals surface area contributed by atoms with E-state index >= 15 is 0 Å². The Balaban J connectivity index is 1.66. The van der Waals surface area contributed by atoms with Crippen LogP contribution in [0.15, 0.2) is 42.0 Å². The van der Waals surface area contributed by atoms with Gasteiger partial charge in [-0.25, -0.2) is 9.97 Å². The minimum atomic E-state index is 0.215. The number of thiophene rings is 2. The molecule has 0 saturated carbocycles. The number of fused-ring (bicyclic) bond motifs is 3. The van der Waals surface area contributed by atoms with Gasteiger partial charge < -0.3 is 5.32 Å². The van der Waals surface area contributed by atoms with Crippen LogP contribution in [0, 0.1) is 0 Å². The van der Waals surface area contributed by atoms with E-state index in [0.717, 1.165) is 28.5 Å². The predicted molar refractivity (Wildman–Crippen MR) is 109 cm³/mol. The Morgan fingerprint density at radius 2 is 2.12 bits per heavy atom. The molecular weight excluding hydrogens is 360 g/mol. The molecule has 0 spiro atoms. The third-order valence-corrected chi connectivity index (χ3v) is 7.05. The van der Waals surface area contributed by atoms with Gasteiger partial charge in [0.2, 0.25) is 0 Å². The van der Waals surface area contributed by atoms with E-state index in [1.807, 2.05) is 29.7 Å². The van der Waals surface area contributed by atoms with Crippen LogP contribution in [0.25, 0.3) is 21.6 Å². The number of pyridine rings is 1. The first-order valence-corrected chi connectivity index (χ1v) is 10.5. The van der Waals surface area contributed by atoms with Crippen LogP contribution in [0.1, 0.15) is 34.7 Å². The molecule has 130 valence electrons. The monoisotopic (exact) mass is 378 g/mol. The average molecular weight is 379 g/mol. The van der Waals surface area contributed by atoms with Gasteiger partial charge in [0.05, 0.1) is 11.4 Å². The fourth-order valence-corrected chi connectivity index (χ4v) is 5.53. The molecule has 6 heteroatoms. The highest BCUT2D eigenvalue weighted by molar-refractivity contribution is 7.19. The Morgan fingerprint density at radius 3 is 2.92 bits per heavy atom. The van der Waals surface area contributed by atoms with Crippen LogP contribution in [-0.2, 0) is 12.8 Å². The molecule has 4 aromatic heterocycles. The molecular formula is C20H18N4S2. The molecule has 1 aliphatic rings. The standard InChI is InChI=1S/C20H18N4S2/c1-12(15-8-4-10-25-15)22-19-17-14-6-2-7-16(14)26-20(17)24-18(23-19)13-5-3-9-21-11-13/h3-5,8-12H,2,6-7H2,1H3,(H,22,23,24)/t12-/m0/s1. The summed E-state index contributed by atoms with van der Waals surface area (Å²) in [5.74, 6) is 1.69. The third kappa shape index (κ3) is 2.70. The molecule has 0 saturated heterocycles. The van der Waals surface area contributed by atoms with Crippen LogP contribution in [0.5, 0.6) is 0 Å². The molecule has 0 fully saturated rings. The van der Waals surface area contributed by atoms with Gasteiger partial charge in [0.25, 0.3) is 0 Å². The van der Waals surface area contributed by atoms with Crippen molar-refractivity contribution in [2.75, 3.05) is 5.32 Å². The summed E-state index contributed by atoms with van der Waals surface area (Å²) in [4.78, 5) is 17.9. The van der Waals surface area contributed by atoms with E-state index in [9.17, 15) is 0 Å². The SMILES string of the molecule is C[C@H](Nc1nc(-c2cccnc2)nc2sc3c(c12)CCC3)c1cccs1. The van der Waals surface area contributed by atoms with Gasteiger partial charge in [-0.2, -0.15) is 0 Å². The first-order valence-electron chi connectivity index (χ1n) is 8.82. The highest BCUT2D eigenvalue weighted by Crippen LogP contribution is 2.41. The smallest absolute Gasteiger partial charge is 0.164 e. The maximum absolute atomic E-state index is 4.92. The van der Waals surface area contributed by atoms with Gasteiger partial charge in [-0.05, 0) is 55.3 Å². The van der Waals surface area contributed by atoms with E-state index in [2.05, 4.69) is 34.7 Å². The Kier molecular flexibility index (Phi) is 3.94. The van der Waals surface area contributed by atoms with Crippen LogP contribution < -0.4 is 5.32 Å². The van der Waals surface area contributed by atoms with Gasteiger partial charge in [0, 0.05) is 27.7 Å². The first kappa shape index (κ1) is 15.9. The van der Waals surface area contributed by atoms with Crippen LogP contribution in [-0.4, -0.2) is 15.0 Å². The second-order valence-corrected chi connectivity index (χ2v) is 8.62. The van der Waals surface area contributed by atoms with Crippen molar-refractivity contribution in [1.82, 2.24) is 15.0 Å². The molecule has 4 nitrogen and oxygen atoms in total. The number of hydrogen-bond donors (Lipinski definition) is 1. The van der Waals surface area contributed by atoms with Gasteiger partial charge in [-0.1, -0.05) is 6.07 Å². The van der Waals surface area contributed by atoms with Gasteiger partial charge in [-0.15, -0.1) is 22.7 Å². The highest BCUT2D eigenvalue weighted by atomic mass is 32.1. The van der Waals surface area contributed by atoms with Gasteiger partial charge >= 0.3 is 0 Å². The Hall–Kier alpha value is -2.31. The van der Waals surface area contributed by atoms with E-state index in [1.165, 1.54) is 33.5 Å². The average Bonchev–Trinajstić information content (AvgIpc) is 3.39. The number of hydrogen-bond acceptors (Lipinski definition) is 6. The van der Waals surface area contributed by atoms with E-state index < -0.39 is 0 Å². The zero-order valence-corrected chi connectivity index (χ0v) is 16.0. The normalized spacial score (nSPS) is 14.5. The Bertz CT molecular complexity index is 1050. The van der Waals surface area contributed by atoms with Crippen molar-refractivity contribution in [3.05, 3.63) is 57.4 Å². The Morgan fingerprint density at radius 1 is 1.15 bits per heavy atom. The third-order valence-electron chi connectivity index (χ3n) is 4.81. The molecule has 1 N–H and O–H groups in total. The summed E-state index contributed by atoms with van der Waals surface area (Å²) < 4.78 is 0. The summed E-state index contributed by atoms with van der Waals surface area (Å²) in [5.41, 5.74) is 2.40. The number of nitrogens with zero attached hydrogens (tertiary/aromatic N) is 3. The second-order valence-electron chi connectivity index (χ2n) is 6.56. The maximum atomic E-state index is 4.92. The molecule has 0 aliphatic heterocycles. The second kappa shape index (κ2) is 6.45. The molecule has 5 rings (SSSR count). The Labute approximate surface area is 160 Å². The summed E-state index contributed by atoms with van der Waals surface area (Å²) in [7, 11) is 0. The first-order chi connectivity index (χ1) is 12.8. The predicted octanol–water partition coefficient (Wildman–Crippen LogP) is 5.48. The quantitative estimate of drug-likeness (QED) is 0.511. The maximum Gasteiger partial charge on any atom is 0.164 e. The van der Waals surface area contributed by atoms with E-state index in [-0.39, 0.29) is 6.04 Å². The lowest BCUT2D eigenvalue weighted by molar-refractivity contribution is 0.896. The van der Waals surface area contributed by atoms with E-state index in [1.54, 1.807) is 17.5 Å². The summed E-state index contributed by atoms with van der Waals surface area (Å²) in [6, 6.07) is 8.42. The minimum absolute atomic E-state index is 0.215. The van der Waals surface area contributed by atoms with Crippen LogP contribution in [0.2, 0.25) is 0 Å². The molecule has 0 radical (unpaired) electrons. The number of rotatable bonds is 4. The van der Waals surface area contributed by atoms with Crippen molar-refractivity contribution in [2.24, 2.45) is 0 Å². The van der Waals surface area contributed by atoms with Gasteiger partial charge in [0.1, 0.15) is 10.6 Å². The summed E-state index contributed by atoms with van der Waals surface area (Å²) in [6.07, 6.45) is 7.14. The zero-order chi connectivity index (χ0) is 17.5. The van der Waals surface area contributed by atoms with Crippen molar-refractivity contribution in [3.8, 4) is 11.4 Å². The van der Waals surface area contributed by atoms with Gasteiger partial charge in [-0.3, -0.25) is 4.98 Å². The van der Waals surface area contributed by atoms with Crippen molar-refractivity contribution in [1.29, 1.82) is 0 Å². The molecule has 26 heavy (non-hydrogen) atoms. The van der Waals surface area contributed by atoms with Crippen molar-refractivity contribution in [2.45, 2.75) is 32.2 Å². The number of nitrogens with one attached hydrogen (secondary N) is 1. The zero-order valence-electron chi connectivity index (χ0n) is 14.4. The number of anilines is 1. The minimum Gasteiger partial charge on any atom is -0.362 e. The number of aryl methyl sites for hydroxylation is 2. The topological polar surface area (TPSA) is 50.7 Å². The highest BCUT2D eigenvalue weighted by Gasteiger charge is 2.23. The van der Waals surface area contributed by atoms with Crippen LogP contribution in [0.4, 0.5) is 5.82 Å². The lowest BCUT2D eigenvalue weighted by atomic mass is 10.1. The fraction of sp³-hybridized carbons (Fsp3) is 0.250. The van der Waals surface area contributed by atoms with Crippen molar-refractivity contribution in [3.63, 3.8) is 0 Å². The lowest BCUT2D eigenvalue weighted by Crippen LogP contribution is -2.08. The number of aromatic nitrogens is 3. The molecule has 1 aliphatic carbocycles. The lowest BCUT2D eigenvalue weighted by Gasteiger charge is -2.15. The largest absolute Gasteiger partial charge is 0.362 e. The summed E-state index contributed by atoms with van der Waals surface area (Å²) >= 11 is 3.60. The molecule has 4 aromatic rings.